The van der Waals surface area contributed by atoms with E-state index in [1.165, 1.54) is 6.07 Å². The fourth-order valence-corrected chi connectivity index (χ4v) is 2.58. The molecular weight excluding hydrogens is 426 g/mol. The monoisotopic (exact) mass is 440 g/mol. The minimum absolute atomic E-state index is 0.188. The van der Waals surface area contributed by atoms with Crippen molar-refractivity contribution in [2.45, 2.75) is 13.3 Å². The Kier molecular flexibility index (Phi) is 4.98. The first-order valence-electron chi connectivity index (χ1n) is 7.34. The van der Waals surface area contributed by atoms with Crippen LogP contribution in [0.5, 0.6) is 11.5 Å². The molecule has 1 aromatic heterocycles. The Bertz CT molecular complexity index is 867. The highest BCUT2D eigenvalue weighted by Crippen LogP contribution is 2.29. The van der Waals surface area contributed by atoms with Crippen LogP contribution >= 0.6 is 22.6 Å². The molecule has 0 fully saturated rings. The SMILES string of the molecule is CCCOc1ccc(-c2nc(-c3ccc(O)c(I)c3)no2)cc1F. The summed E-state index contributed by atoms with van der Waals surface area (Å²) >= 11 is 2.01. The minimum atomic E-state index is -0.472. The lowest BCUT2D eigenvalue weighted by Gasteiger charge is -2.05. The van der Waals surface area contributed by atoms with Crippen molar-refractivity contribution in [2.75, 3.05) is 6.61 Å². The summed E-state index contributed by atoms with van der Waals surface area (Å²) in [5.41, 5.74) is 1.18. The second-order valence-electron chi connectivity index (χ2n) is 5.08. The quantitative estimate of drug-likeness (QED) is 0.586. The average Bonchev–Trinajstić information content (AvgIpc) is 3.06. The maximum Gasteiger partial charge on any atom is 0.258 e. The minimum Gasteiger partial charge on any atom is -0.507 e. The van der Waals surface area contributed by atoms with Crippen LogP contribution in [0, 0.1) is 9.39 Å². The number of hydrogen-bond acceptors (Lipinski definition) is 5. The third-order valence-electron chi connectivity index (χ3n) is 3.27. The molecule has 0 spiro atoms. The van der Waals surface area contributed by atoms with E-state index in [1.807, 2.05) is 29.5 Å². The molecule has 0 radical (unpaired) electrons. The van der Waals surface area contributed by atoms with Gasteiger partial charge in [0.2, 0.25) is 5.82 Å². The zero-order chi connectivity index (χ0) is 17.1. The van der Waals surface area contributed by atoms with E-state index >= 15 is 0 Å². The number of hydrogen-bond donors (Lipinski definition) is 1. The molecule has 0 atom stereocenters. The van der Waals surface area contributed by atoms with E-state index in [4.69, 9.17) is 9.26 Å². The zero-order valence-corrected chi connectivity index (χ0v) is 14.9. The van der Waals surface area contributed by atoms with E-state index in [0.717, 1.165) is 6.42 Å². The van der Waals surface area contributed by atoms with Gasteiger partial charge in [0.05, 0.1) is 10.2 Å². The first kappa shape index (κ1) is 16.7. The number of aromatic nitrogens is 2. The number of benzene rings is 2. The van der Waals surface area contributed by atoms with Gasteiger partial charge in [0.25, 0.3) is 5.89 Å². The van der Waals surface area contributed by atoms with Gasteiger partial charge in [-0.05, 0) is 65.4 Å². The average molecular weight is 440 g/mol. The van der Waals surface area contributed by atoms with Crippen molar-refractivity contribution in [3.05, 3.63) is 45.8 Å². The van der Waals surface area contributed by atoms with E-state index in [0.29, 0.717) is 27.1 Å². The van der Waals surface area contributed by atoms with Crippen molar-refractivity contribution in [3.63, 3.8) is 0 Å². The Morgan fingerprint density at radius 3 is 2.71 bits per heavy atom. The number of rotatable bonds is 5. The Labute approximate surface area is 151 Å². The van der Waals surface area contributed by atoms with Gasteiger partial charge in [-0.15, -0.1) is 0 Å². The standard InChI is InChI=1S/C17H14FIN2O3/c1-2-7-23-15-6-4-11(8-12(15)18)17-20-16(21-24-17)10-3-5-14(22)13(19)9-10/h3-6,8-9,22H,2,7H2,1H3. The van der Waals surface area contributed by atoms with Gasteiger partial charge in [-0.3, -0.25) is 0 Å². The van der Waals surface area contributed by atoms with Gasteiger partial charge >= 0.3 is 0 Å². The van der Waals surface area contributed by atoms with Crippen LogP contribution < -0.4 is 4.74 Å². The maximum absolute atomic E-state index is 14.0. The van der Waals surface area contributed by atoms with E-state index in [-0.39, 0.29) is 17.4 Å². The first-order valence-corrected chi connectivity index (χ1v) is 8.41. The van der Waals surface area contributed by atoms with Crippen molar-refractivity contribution in [1.82, 2.24) is 10.1 Å². The first-order chi connectivity index (χ1) is 11.6. The molecule has 3 rings (SSSR count). The summed E-state index contributed by atoms with van der Waals surface area (Å²) in [6.45, 7) is 2.41. The molecule has 0 bridgehead atoms. The molecule has 2 aromatic carbocycles. The molecule has 124 valence electrons. The fourth-order valence-electron chi connectivity index (χ4n) is 2.07. The largest absolute Gasteiger partial charge is 0.507 e. The third kappa shape index (κ3) is 3.50. The molecule has 0 aliphatic rings. The maximum atomic E-state index is 14.0. The topological polar surface area (TPSA) is 68.4 Å². The van der Waals surface area contributed by atoms with Crippen LogP contribution in [-0.4, -0.2) is 21.9 Å². The molecule has 0 amide bonds. The molecule has 3 aromatic rings. The second-order valence-corrected chi connectivity index (χ2v) is 6.25. The number of nitrogens with zero attached hydrogens (tertiary/aromatic N) is 2. The zero-order valence-electron chi connectivity index (χ0n) is 12.8. The molecule has 1 heterocycles. The lowest BCUT2D eigenvalue weighted by molar-refractivity contribution is 0.301. The molecule has 1 N–H and O–H groups in total. The second kappa shape index (κ2) is 7.16. The molecular formula is C17H14FIN2O3. The lowest BCUT2D eigenvalue weighted by Crippen LogP contribution is -1.97. The van der Waals surface area contributed by atoms with Gasteiger partial charge in [0.15, 0.2) is 11.6 Å². The number of halogens is 2. The van der Waals surface area contributed by atoms with E-state index in [9.17, 15) is 9.50 Å². The predicted molar refractivity (Wildman–Crippen MR) is 95.3 cm³/mol. The van der Waals surface area contributed by atoms with Gasteiger partial charge in [-0.1, -0.05) is 12.1 Å². The van der Waals surface area contributed by atoms with Crippen molar-refractivity contribution < 1.29 is 18.8 Å². The third-order valence-corrected chi connectivity index (χ3v) is 4.14. The highest BCUT2D eigenvalue weighted by Gasteiger charge is 2.14. The molecule has 0 unspecified atom stereocenters. The van der Waals surface area contributed by atoms with Gasteiger partial charge in [0.1, 0.15) is 5.75 Å². The summed E-state index contributed by atoms with van der Waals surface area (Å²) in [6, 6.07) is 9.52. The Morgan fingerprint density at radius 1 is 1.21 bits per heavy atom. The highest BCUT2D eigenvalue weighted by molar-refractivity contribution is 14.1. The molecule has 0 aliphatic heterocycles. The highest BCUT2D eigenvalue weighted by atomic mass is 127. The summed E-state index contributed by atoms with van der Waals surface area (Å²) < 4.78 is 25.3. The summed E-state index contributed by atoms with van der Waals surface area (Å²) in [7, 11) is 0. The van der Waals surface area contributed by atoms with E-state index in [2.05, 4.69) is 10.1 Å². The molecule has 24 heavy (non-hydrogen) atoms. The van der Waals surface area contributed by atoms with Gasteiger partial charge in [-0.25, -0.2) is 4.39 Å². The number of aromatic hydroxyl groups is 1. The number of ether oxygens (including phenoxy) is 1. The molecule has 0 saturated heterocycles. The van der Waals surface area contributed by atoms with Gasteiger partial charge in [-0.2, -0.15) is 4.98 Å². The Morgan fingerprint density at radius 2 is 2.00 bits per heavy atom. The van der Waals surface area contributed by atoms with Crippen molar-refractivity contribution in [1.29, 1.82) is 0 Å². The van der Waals surface area contributed by atoms with Gasteiger partial charge in [0, 0.05) is 11.1 Å². The summed E-state index contributed by atoms with van der Waals surface area (Å²) in [5.74, 6) is 0.504. The van der Waals surface area contributed by atoms with Crippen molar-refractivity contribution in [3.8, 4) is 34.3 Å². The number of phenols is 1. The summed E-state index contributed by atoms with van der Waals surface area (Å²) in [4.78, 5) is 4.28. The number of phenolic OH excluding ortho intramolecular Hbond substituents is 1. The Balaban J connectivity index is 1.87. The van der Waals surface area contributed by atoms with Gasteiger partial charge < -0.3 is 14.4 Å². The van der Waals surface area contributed by atoms with Crippen LogP contribution in [0.15, 0.2) is 40.9 Å². The summed E-state index contributed by atoms with van der Waals surface area (Å²) in [6.07, 6.45) is 0.805. The molecule has 7 heteroatoms. The van der Waals surface area contributed by atoms with Crippen LogP contribution in [0.3, 0.4) is 0 Å². The summed E-state index contributed by atoms with van der Waals surface area (Å²) in [5, 5.41) is 13.5. The van der Waals surface area contributed by atoms with Crippen molar-refractivity contribution >= 4 is 22.6 Å². The fraction of sp³-hybridized carbons (Fsp3) is 0.176. The Hall–Kier alpha value is -2.16. The van der Waals surface area contributed by atoms with Crippen molar-refractivity contribution in [2.24, 2.45) is 0 Å². The molecule has 0 saturated carbocycles. The van der Waals surface area contributed by atoms with Crippen LogP contribution in [0.25, 0.3) is 22.8 Å². The van der Waals surface area contributed by atoms with E-state index in [1.54, 1.807) is 30.3 Å². The smallest absolute Gasteiger partial charge is 0.258 e. The van der Waals surface area contributed by atoms with Crippen LogP contribution in [0.2, 0.25) is 0 Å². The molecule has 0 aliphatic carbocycles. The van der Waals surface area contributed by atoms with Crippen LogP contribution in [0.1, 0.15) is 13.3 Å². The van der Waals surface area contributed by atoms with E-state index < -0.39 is 5.82 Å². The molecule has 5 nitrogen and oxygen atoms in total. The lowest BCUT2D eigenvalue weighted by atomic mass is 10.2. The van der Waals surface area contributed by atoms with Crippen LogP contribution in [0.4, 0.5) is 4.39 Å². The van der Waals surface area contributed by atoms with Crippen LogP contribution in [-0.2, 0) is 0 Å². The predicted octanol–water partition coefficient (Wildman–Crippen LogP) is 4.64. The normalized spacial score (nSPS) is 10.8.